The molecule has 0 atom stereocenters. The van der Waals surface area contributed by atoms with Gasteiger partial charge in [0.15, 0.2) is 0 Å². The van der Waals surface area contributed by atoms with Gasteiger partial charge in [0.25, 0.3) is 0 Å². The number of rotatable bonds is 0. The largest absolute Gasteiger partial charge is 0.197 e. The van der Waals surface area contributed by atoms with Crippen LogP contribution in [0.25, 0.3) is 0 Å². The summed E-state index contributed by atoms with van der Waals surface area (Å²) >= 11 is 0. The molecule has 0 heterocycles. The lowest BCUT2D eigenvalue weighted by Gasteiger charge is -2.20. The number of nitrogens with zero attached hydrogens (tertiary/aromatic N) is 1. The molecule has 1 aliphatic rings. The summed E-state index contributed by atoms with van der Waals surface area (Å²) in [5.41, 5.74) is 2.25. The van der Waals surface area contributed by atoms with Crippen molar-refractivity contribution in [1.29, 1.82) is 5.26 Å². The fourth-order valence-corrected chi connectivity index (χ4v) is 1.67. The molecule has 0 aromatic rings. The van der Waals surface area contributed by atoms with Crippen LogP contribution in [0.1, 0.15) is 27.2 Å². The molecule has 0 aromatic carbocycles. The van der Waals surface area contributed by atoms with E-state index in [2.05, 4.69) is 19.9 Å². The number of allylic oxidation sites excluding steroid dienone is 4. The van der Waals surface area contributed by atoms with Crippen LogP contribution in [0.5, 0.6) is 0 Å². The van der Waals surface area contributed by atoms with Gasteiger partial charge in [0.1, 0.15) is 0 Å². The summed E-state index contributed by atoms with van der Waals surface area (Å²) in [5, 5.41) is 8.85. The zero-order valence-corrected chi connectivity index (χ0v) is 7.31. The average Bonchev–Trinajstić information content (AvgIpc) is 1.84. The summed E-state index contributed by atoms with van der Waals surface area (Å²) in [6.07, 6.45) is 5.11. The average molecular weight is 147 g/mol. The molecule has 0 fully saturated rings. The standard InChI is InChI=1S/C10H13N/c1-8-4-9(2)6-10(3,5-8)7-11/h5-6H,4H2,1-3H3. The Morgan fingerprint density at radius 2 is 1.82 bits per heavy atom. The summed E-state index contributed by atoms with van der Waals surface area (Å²) in [6.45, 7) is 6.09. The van der Waals surface area contributed by atoms with Crippen LogP contribution < -0.4 is 0 Å². The molecule has 11 heavy (non-hydrogen) atoms. The maximum absolute atomic E-state index is 8.85. The van der Waals surface area contributed by atoms with Crippen molar-refractivity contribution >= 4 is 0 Å². The summed E-state index contributed by atoms with van der Waals surface area (Å²) < 4.78 is 0. The molecule has 1 aliphatic carbocycles. The highest BCUT2D eigenvalue weighted by Crippen LogP contribution is 2.30. The lowest BCUT2D eigenvalue weighted by atomic mass is 9.82. The van der Waals surface area contributed by atoms with Crippen molar-refractivity contribution in [1.82, 2.24) is 0 Å². The lowest BCUT2D eigenvalue weighted by Crippen LogP contribution is -2.11. The van der Waals surface area contributed by atoms with Gasteiger partial charge in [0, 0.05) is 0 Å². The van der Waals surface area contributed by atoms with E-state index < -0.39 is 0 Å². The minimum Gasteiger partial charge on any atom is -0.197 e. The molecule has 0 spiro atoms. The van der Waals surface area contributed by atoms with Gasteiger partial charge in [-0.25, -0.2) is 0 Å². The summed E-state index contributed by atoms with van der Waals surface area (Å²) in [6, 6.07) is 2.29. The van der Waals surface area contributed by atoms with E-state index in [0.29, 0.717) is 0 Å². The molecule has 0 amide bonds. The van der Waals surface area contributed by atoms with E-state index in [0.717, 1.165) is 6.42 Å². The Morgan fingerprint density at radius 3 is 2.18 bits per heavy atom. The third-order valence-corrected chi connectivity index (χ3v) is 1.89. The number of hydrogen-bond acceptors (Lipinski definition) is 1. The summed E-state index contributed by atoms with van der Waals surface area (Å²) in [4.78, 5) is 0. The summed E-state index contributed by atoms with van der Waals surface area (Å²) in [7, 11) is 0. The van der Waals surface area contributed by atoms with E-state index in [9.17, 15) is 0 Å². The van der Waals surface area contributed by atoms with Crippen LogP contribution in [0, 0.1) is 16.7 Å². The smallest absolute Gasteiger partial charge is 0.0910 e. The molecular formula is C10H13N. The SMILES string of the molecule is CC1=CC(C)(C#N)C=C(C)C1. The van der Waals surface area contributed by atoms with Crippen LogP contribution in [0.4, 0.5) is 0 Å². The van der Waals surface area contributed by atoms with E-state index in [1.165, 1.54) is 11.1 Å². The molecule has 1 nitrogen and oxygen atoms in total. The Morgan fingerprint density at radius 1 is 1.36 bits per heavy atom. The van der Waals surface area contributed by atoms with E-state index in [1.54, 1.807) is 0 Å². The van der Waals surface area contributed by atoms with Gasteiger partial charge in [0.2, 0.25) is 0 Å². The van der Waals surface area contributed by atoms with Crippen molar-refractivity contribution in [3.63, 3.8) is 0 Å². The molecule has 0 N–H and O–H groups in total. The second-order valence-corrected chi connectivity index (χ2v) is 3.55. The predicted octanol–water partition coefficient (Wildman–Crippen LogP) is 2.81. The molecule has 58 valence electrons. The molecule has 0 bridgehead atoms. The van der Waals surface area contributed by atoms with Gasteiger partial charge in [-0.2, -0.15) is 5.26 Å². The zero-order chi connectivity index (χ0) is 8.48. The first kappa shape index (κ1) is 8.07. The first-order valence-electron chi connectivity index (χ1n) is 3.84. The highest BCUT2D eigenvalue weighted by Gasteiger charge is 2.21. The van der Waals surface area contributed by atoms with Crippen molar-refractivity contribution in [3.8, 4) is 6.07 Å². The minimum absolute atomic E-state index is 0.355. The van der Waals surface area contributed by atoms with Crippen LogP contribution in [-0.4, -0.2) is 0 Å². The van der Waals surface area contributed by atoms with Crippen molar-refractivity contribution in [2.45, 2.75) is 27.2 Å². The molecule has 0 aliphatic heterocycles. The first-order valence-corrected chi connectivity index (χ1v) is 3.84. The second-order valence-electron chi connectivity index (χ2n) is 3.55. The summed E-state index contributed by atoms with van der Waals surface area (Å²) in [5.74, 6) is 0. The Balaban J connectivity index is 3.01. The second kappa shape index (κ2) is 2.54. The van der Waals surface area contributed by atoms with Gasteiger partial charge in [-0.1, -0.05) is 23.3 Å². The van der Waals surface area contributed by atoms with Crippen molar-refractivity contribution < 1.29 is 0 Å². The topological polar surface area (TPSA) is 23.8 Å². The molecular weight excluding hydrogens is 134 g/mol. The minimum atomic E-state index is -0.355. The van der Waals surface area contributed by atoms with Crippen molar-refractivity contribution in [2.75, 3.05) is 0 Å². The van der Waals surface area contributed by atoms with Gasteiger partial charge in [0.05, 0.1) is 11.5 Å². The molecule has 0 saturated heterocycles. The molecule has 0 aromatic heterocycles. The highest BCUT2D eigenvalue weighted by molar-refractivity contribution is 5.32. The lowest BCUT2D eigenvalue weighted by molar-refractivity contribution is 0.696. The van der Waals surface area contributed by atoms with E-state index >= 15 is 0 Å². The van der Waals surface area contributed by atoms with Crippen LogP contribution in [0.2, 0.25) is 0 Å². The van der Waals surface area contributed by atoms with Gasteiger partial charge in [-0.3, -0.25) is 0 Å². The Bertz CT molecular complexity index is 245. The predicted molar refractivity (Wildman–Crippen MR) is 45.9 cm³/mol. The van der Waals surface area contributed by atoms with Gasteiger partial charge < -0.3 is 0 Å². The zero-order valence-electron chi connectivity index (χ0n) is 7.31. The maximum atomic E-state index is 8.85. The van der Waals surface area contributed by atoms with Crippen LogP contribution in [0.15, 0.2) is 23.3 Å². The van der Waals surface area contributed by atoms with Gasteiger partial charge in [-0.15, -0.1) is 0 Å². The van der Waals surface area contributed by atoms with Crippen LogP contribution in [-0.2, 0) is 0 Å². The molecule has 0 radical (unpaired) electrons. The van der Waals surface area contributed by atoms with Crippen LogP contribution >= 0.6 is 0 Å². The first-order chi connectivity index (χ1) is 5.06. The monoisotopic (exact) mass is 147 g/mol. The third kappa shape index (κ3) is 1.71. The Hall–Kier alpha value is -1.03. The maximum Gasteiger partial charge on any atom is 0.0910 e. The molecule has 0 unspecified atom stereocenters. The fourth-order valence-electron chi connectivity index (χ4n) is 1.67. The Kier molecular flexibility index (Phi) is 1.87. The normalized spacial score (nSPS) is 21.6. The molecule has 0 saturated carbocycles. The van der Waals surface area contributed by atoms with E-state index in [1.807, 2.05) is 19.1 Å². The van der Waals surface area contributed by atoms with Crippen molar-refractivity contribution in [3.05, 3.63) is 23.3 Å². The molecule has 1 heteroatoms. The van der Waals surface area contributed by atoms with Gasteiger partial charge >= 0.3 is 0 Å². The fraction of sp³-hybridized carbons (Fsp3) is 0.500. The highest BCUT2D eigenvalue weighted by atomic mass is 14.3. The Labute approximate surface area is 68.0 Å². The van der Waals surface area contributed by atoms with E-state index in [-0.39, 0.29) is 5.41 Å². The third-order valence-electron chi connectivity index (χ3n) is 1.89. The number of nitriles is 1. The van der Waals surface area contributed by atoms with Crippen molar-refractivity contribution in [2.24, 2.45) is 5.41 Å². The number of hydrogen-bond donors (Lipinski definition) is 0. The van der Waals surface area contributed by atoms with Crippen LogP contribution in [0.3, 0.4) is 0 Å². The van der Waals surface area contributed by atoms with Gasteiger partial charge in [-0.05, 0) is 27.2 Å². The molecule has 1 rings (SSSR count). The quantitative estimate of drug-likeness (QED) is 0.483. The van der Waals surface area contributed by atoms with E-state index in [4.69, 9.17) is 5.26 Å².